The Balaban J connectivity index is 2.29. The number of nitro groups is 1. The van der Waals surface area contributed by atoms with E-state index in [-0.39, 0.29) is 4.90 Å². The molecule has 0 radical (unpaired) electrons. The summed E-state index contributed by atoms with van der Waals surface area (Å²) < 4.78 is 27.2. The summed E-state index contributed by atoms with van der Waals surface area (Å²) in [6.45, 7) is 5.76. The van der Waals surface area contributed by atoms with Gasteiger partial charge in [0.05, 0.1) is 4.92 Å². The van der Waals surface area contributed by atoms with Gasteiger partial charge in [0.1, 0.15) is 0 Å². The van der Waals surface area contributed by atoms with E-state index in [0.29, 0.717) is 5.69 Å². The maximum absolute atomic E-state index is 12.4. The number of anilines is 2. The molecule has 1 N–H and O–H groups in total. The molecule has 0 atom stereocenters. The predicted octanol–water partition coefficient (Wildman–Crippen LogP) is 3.24. The highest BCUT2D eigenvalue weighted by Crippen LogP contribution is 2.26. The summed E-state index contributed by atoms with van der Waals surface area (Å²) in [5, 5.41) is 11.0. The minimum absolute atomic E-state index is 0.351. The molecule has 0 aliphatic carbocycles. The quantitative estimate of drug-likeness (QED) is 0.612. The van der Waals surface area contributed by atoms with E-state index in [1.165, 1.54) is 18.2 Å². The molecule has 0 heterocycles. The smallest absolute Gasteiger partial charge is 0.289 e. The van der Waals surface area contributed by atoms with Crippen LogP contribution in [0, 0.1) is 10.1 Å². The van der Waals surface area contributed by atoms with Gasteiger partial charge < -0.3 is 4.90 Å². The Morgan fingerprint density at radius 2 is 1.62 bits per heavy atom. The number of hydrogen-bond donors (Lipinski definition) is 1. The molecular weight excluding hydrogens is 330 g/mol. The average Bonchev–Trinajstić information content (AvgIpc) is 2.57. The lowest BCUT2D eigenvalue weighted by Crippen LogP contribution is -2.21. The summed E-state index contributed by atoms with van der Waals surface area (Å²) in [5.41, 5.74) is 0.877. The first-order chi connectivity index (χ1) is 11.4. The standard InChI is InChI=1S/C16H19N3O4S/c1-3-18(4-2)14-11-9-13(10-12-14)17-24(22,23)16-8-6-5-7-15(16)19(20)21/h5-12,17H,3-4H2,1-2H3. The zero-order valence-corrected chi connectivity index (χ0v) is 14.3. The molecule has 8 heteroatoms. The molecule has 0 fully saturated rings. The average molecular weight is 349 g/mol. The van der Waals surface area contributed by atoms with Gasteiger partial charge in [-0.25, -0.2) is 8.42 Å². The second kappa shape index (κ2) is 7.31. The van der Waals surface area contributed by atoms with Gasteiger partial charge in [-0.05, 0) is 44.2 Å². The zero-order valence-electron chi connectivity index (χ0n) is 13.5. The monoisotopic (exact) mass is 349 g/mol. The fraction of sp³-hybridized carbons (Fsp3) is 0.250. The van der Waals surface area contributed by atoms with E-state index in [2.05, 4.69) is 9.62 Å². The first kappa shape index (κ1) is 17.7. The molecule has 0 amide bonds. The van der Waals surface area contributed by atoms with Crippen LogP contribution in [0.4, 0.5) is 17.1 Å². The van der Waals surface area contributed by atoms with Gasteiger partial charge in [0.2, 0.25) is 0 Å². The molecule has 2 aromatic carbocycles. The van der Waals surface area contributed by atoms with E-state index in [4.69, 9.17) is 0 Å². The van der Waals surface area contributed by atoms with Crippen LogP contribution in [0.2, 0.25) is 0 Å². The lowest BCUT2D eigenvalue weighted by molar-refractivity contribution is -0.387. The Kier molecular flexibility index (Phi) is 5.40. The largest absolute Gasteiger partial charge is 0.372 e. The number of sulfonamides is 1. The lowest BCUT2D eigenvalue weighted by atomic mass is 10.2. The molecule has 0 aliphatic rings. The van der Waals surface area contributed by atoms with E-state index >= 15 is 0 Å². The Morgan fingerprint density at radius 1 is 1.04 bits per heavy atom. The van der Waals surface area contributed by atoms with E-state index in [9.17, 15) is 18.5 Å². The molecular formula is C16H19N3O4S. The van der Waals surface area contributed by atoms with Crippen LogP contribution in [-0.4, -0.2) is 26.4 Å². The van der Waals surface area contributed by atoms with Crippen LogP contribution in [0.3, 0.4) is 0 Å². The van der Waals surface area contributed by atoms with Crippen molar-refractivity contribution < 1.29 is 13.3 Å². The van der Waals surface area contributed by atoms with Crippen LogP contribution in [0.1, 0.15) is 13.8 Å². The molecule has 2 rings (SSSR count). The highest BCUT2D eigenvalue weighted by Gasteiger charge is 2.25. The van der Waals surface area contributed by atoms with Crippen LogP contribution in [-0.2, 0) is 10.0 Å². The number of nitro benzene ring substituents is 1. The van der Waals surface area contributed by atoms with E-state index in [0.717, 1.165) is 24.8 Å². The second-order valence-corrected chi connectivity index (χ2v) is 6.70. The molecule has 0 spiro atoms. The van der Waals surface area contributed by atoms with Gasteiger partial charge >= 0.3 is 0 Å². The minimum atomic E-state index is -4.04. The van der Waals surface area contributed by atoms with Crippen molar-refractivity contribution in [3.05, 3.63) is 58.6 Å². The molecule has 0 aromatic heterocycles. The van der Waals surface area contributed by atoms with Crippen molar-refractivity contribution in [1.82, 2.24) is 0 Å². The molecule has 0 saturated carbocycles. The molecule has 2 aromatic rings. The van der Waals surface area contributed by atoms with Crippen LogP contribution in [0.15, 0.2) is 53.4 Å². The van der Waals surface area contributed by atoms with E-state index < -0.39 is 20.6 Å². The summed E-state index contributed by atoms with van der Waals surface area (Å²) >= 11 is 0. The third-order valence-electron chi connectivity index (χ3n) is 3.60. The number of benzene rings is 2. The summed E-state index contributed by atoms with van der Waals surface area (Å²) in [4.78, 5) is 12.1. The molecule has 0 bridgehead atoms. The van der Waals surface area contributed by atoms with Crippen molar-refractivity contribution >= 4 is 27.1 Å². The van der Waals surface area contributed by atoms with E-state index in [1.807, 2.05) is 26.0 Å². The maximum atomic E-state index is 12.4. The first-order valence-corrected chi connectivity index (χ1v) is 8.98. The molecule has 0 unspecified atom stereocenters. The molecule has 0 aliphatic heterocycles. The van der Waals surface area contributed by atoms with Crippen LogP contribution >= 0.6 is 0 Å². The number of nitrogens with one attached hydrogen (secondary N) is 1. The van der Waals surface area contributed by atoms with Crippen LogP contribution in [0.5, 0.6) is 0 Å². The van der Waals surface area contributed by atoms with Gasteiger partial charge in [-0.15, -0.1) is 0 Å². The number of para-hydroxylation sites is 1. The van der Waals surface area contributed by atoms with Crippen molar-refractivity contribution in [3.63, 3.8) is 0 Å². The fourth-order valence-corrected chi connectivity index (χ4v) is 3.61. The summed E-state index contributed by atoms with van der Waals surface area (Å²) in [6.07, 6.45) is 0. The number of nitrogens with zero attached hydrogens (tertiary/aromatic N) is 2. The Labute approximate surface area is 141 Å². The Bertz CT molecular complexity index is 815. The van der Waals surface area contributed by atoms with E-state index in [1.54, 1.807) is 12.1 Å². The van der Waals surface area contributed by atoms with Crippen LogP contribution in [0.25, 0.3) is 0 Å². The predicted molar refractivity (Wildman–Crippen MR) is 93.9 cm³/mol. The van der Waals surface area contributed by atoms with Crippen molar-refractivity contribution in [1.29, 1.82) is 0 Å². The summed E-state index contributed by atoms with van der Waals surface area (Å²) in [6, 6.07) is 12.2. The Hall–Kier alpha value is -2.61. The third kappa shape index (κ3) is 3.83. The maximum Gasteiger partial charge on any atom is 0.289 e. The van der Waals surface area contributed by atoms with Crippen molar-refractivity contribution in [2.75, 3.05) is 22.7 Å². The number of hydrogen-bond acceptors (Lipinski definition) is 5. The van der Waals surface area contributed by atoms with Crippen molar-refractivity contribution in [2.45, 2.75) is 18.7 Å². The third-order valence-corrected chi connectivity index (χ3v) is 5.03. The molecule has 0 saturated heterocycles. The summed E-state index contributed by atoms with van der Waals surface area (Å²) in [7, 11) is -4.04. The Morgan fingerprint density at radius 3 is 2.17 bits per heavy atom. The van der Waals surface area contributed by atoms with Gasteiger partial charge in [-0.2, -0.15) is 0 Å². The van der Waals surface area contributed by atoms with Crippen molar-refractivity contribution in [3.8, 4) is 0 Å². The number of rotatable bonds is 7. The van der Waals surface area contributed by atoms with Gasteiger partial charge in [0, 0.05) is 30.5 Å². The minimum Gasteiger partial charge on any atom is -0.372 e. The molecule has 24 heavy (non-hydrogen) atoms. The molecule has 128 valence electrons. The topological polar surface area (TPSA) is 92.6 Å². The zero-order chi connectivity index (χ0) is 17.7. The van der Waals surface area contributed by atoms with Crippen LogP contribution < -0.4 is 9.62 Å². The van der Waals surface area contributed by atoms with Gasteiger partial charge in [-0.1, -0.05) is 12.1 Å². The normalized spacial score (nSPS) is 11.1. The highest BCUT2D eigenvalue weighted by molar-refractivity contribution is 7.92. The summed E-state index contributed by atoms with van der Waals surface area (Å²) in [5.74, 6) is 0. The second-order valence-electron chi connectivity index (χ2n) is 5.05. The highest BCUT2D eigenvalue weighted by atomic mass is 32.2. The van der Waals surface area contributed by atoms with Gasteiger partial charge in [0.15, 0.2) is 4.90 Å². The fourth-order valence-electron chi connectivity index (χ4n) is 2.37. The van der Waals surface area contributed by atoms with Crippen molar-refractivity contribution in [2.24, 2.45) is 0 Å². The molecule has 7 nitrogen and oxygen atoms in total. The lowest BCUT2D eigenvalue weighted by Gasteiger charge is -2.21. The van der Waals surface area contributed by atoms with Gasteiger partial charge in [0.25, 0.3) is 15.7 Å². The first-order valence-electron chi connectivity index (χ1n) is 7.50. The SMILES string of the molecule is CCN(CC)c1ccc(NS(=O)(=O)c2ccccc2[N+](=O)[O-])cc1. The van der Waals surface area contributed by atoms with Gasteiger partial charge in [-0.3, -0.25) is 14.8 Å².